The number of amides is 1. The zero-order valence-corrected chi connectivity index (χ0v) is 9.80. The van der Waals surface area contributed by atoms with E-state index in [9.17, 15) is 9.59 Å². The van der Waals surface area contributed by atoms with Gasteiger partial charge in [-0.25, -0.2) is 0 Å². The monoisotopic (exact) mass is 235 g/mol. The van der Waals surface area contributed by atoms with Gasteiger partial charge in [-0.3, -0.25) is 9.59 Å². The highest BCUT2D eigenvalue weighted by molar-refractivity contribution is 7.99. The number of carbonyl (C=O) groups is 2. The molecule has 0 saturated heterocycles. The van der Waals surface area contributed by atoms with Gasteiger partial charge in [-0.15, -0.1) is 11.8 Å². The van der Waals surface area contributed by atoms with Crippen LogP contribution in [0.1, 0.15) is 13.3 Å². The molecular formula is C9H17NO4S. The van der Waals surface area contributed by atoms with E-state index >= 15 is 0 Å². The highest BCUT2D eigenvalue weighted by Gasteiger charge is 2.06. The molecule has 0 aliphatic carbocycles. The van der Waals surface area contributed by atoms with Gasteiger partial charge in [0.05, 0.1) is 18.3 Å². The topological polar surface area (TPSA) is 75.6 Å². The van der Waals surface area contributed by atoms with Gasteiger partial charge in [0.15, 0.2) is 0 Å². The number of thioether (sulfide) groups is 1. The van der Waals surface area contributed by atoms with Crippen molar-refractivity contribution in [2.45, 2.75) is 19.4 Å². The van der Waals surface area contributed by atoms with Crippen LogP contribution in [0.25, 0.3) is 0 Å². The molecule has 0 aromatic rings. The third-order valence-corrected chi connectivity index (χ3v) is 2.61. The van der Waals surface area contributed by atoms with Crippen molar-refractivity contribution in [2.75, 3.05) is 25.2 Å². The molecule has 0 bridgehead atoms. The third kappa shape index (κ3) is 9.55. The Hall–Kier alpha value is -0.750. The van der Waals surface area contributed by atoms with Crippen LogP contribution >= 0.6 is 11.8 Å². The third-order valence-electron chi connectivity index (χ3n) is 1.67. The van der Waals surface area contributed by atoms with Crippen LogP contribution in [-0.4, -0.2) is 48.2 Å². The molecule has 0 aromatic carbocycles. The van der Waals surface area contributed by atoms with Crippen LogP contribution in [0.5, 0.6) is 0 Å². The molecule has 5 nitrogen and oxygen atoms in total. The molecule has 1 atom stereocenters. The summed E-state index contributed by atoms with van der Waals surface area (Å²) < 4.78 is 4.94. The maximum Gasteiger partial charge on any atom is 0.313 e. The molecule has 1 unspecified atom stereocenters. The predicted octanol–water partition coefficient (Wildman–Crippen LogP) is 0.345. The van der Waals surface area contributed by atoms with Gasteiger partial charge in [0.25, 0.3) is 0 Å². The number of carbonyl (C=O) groups excluding carboxylic acids is 1. The van der Waals surface area contributed by atoms with Gasteiger partial charge in [0.1, 0.15) is 0 Å². The summed E-state index contributed by atoms with van der Waals surface area (Å²) in [6, 6.07) is 0. The molecule has 88 valence electrons. The lowest BCUT2D eigenvalue weighted by Crippen LogP contribution is -2.29. The van der Waals surface area contributed by atoms with Gasteiger partial charge < -0.3 is 15.2 Å². The Kier molecular flexibility index (Phi) is 8.12. The van der Waals surface area contributed by atoms with Crippen molar-refractivity contribution in [3.63, 3.8) is 0 Å². The molecule has 0 saturated carbocycles. The number of carboxylic acid groups (broad SMARTS) is 1. The molecule has 0 aromatic heterocycles. The number of hydrogen-bond acceptors (Lipinski definition) is 4. The summed E-state index contributed by atoms with van der Waals surface area (Å²) in [4.78, 5) is 21.3. The number of aliphatic carboxylic acids is 1. The first-order valence-corrected chi connectivity index (χ1v) is 5.80. The number of carboxylic acids is 1. The second-order valence-electron chi connectivity index (χ2n) is 3.05. The summed E-state index contributed by atoms with van der Waals surface area (Å²) in [5.41, 5.74) is 0. The van der Waals surface area contributed by atoms with E-state index in [-0.39, 0.29) is 17.8 Å². The summed E-state index contributed by atoms with van der Waals surface area (Å²) in [6.45, 7) is 2.31. The Morgan fingerprint density at radius 3 is 2.73 bits per heavy atom. The van der Waals surface area contributed by atoms with Crippen molar-refractivity contribution in [1.82, 2.24) is 5.32 Å². The Labute approximate surface area is 93.6 Å². The number of rotatable bonds is 8. The van der Waals surface area contributed by atoms with E-state index in [1.54, 1.807) is 7.11 Å². The van der Waals surface area contributed by atoms with Crippen molar-refractivity contribution in [1.29, 1.82) is 0 Å². The molecule has 6 heteroatoms. The lowest BCUT2D eigenvalue weighted by atomic mass is 10.3. The minimum Gasteiger partial charge on any atom is -0.481 e. The van der Waals surface area contributed by atoms with Crippen LogP contribution < -0.4 is 5.32 Å². The van der Waals surface area contributed by atoms with E-state index in [0.717, 1.165) is 0 Å². The number of nitrogens with one attached hydrogen (secondary N) is 1. The van der Waals surface area contributed by atoms with Crippen molar-refractivity contribution in [3.8, 4) is 0 Å². The Bertz CT molecular complexity index is 210. The van der Waals surface area contributed by atoms with Crippen molar-refractivity contribution >= 4 is 23.6 Å². The first-order valence-electron chi connectivity index (χ1n) is 4.65. The summed E-state index contributed by atoms with van der Waals surface area (Å²) in [5, 5.41) is 11.0. The van der Waals surface area contributed by atoms with E-state index in [0.29, 0.717) is 18.7 Å². The van der Waals surface area contributed by atoms with E-state index in [4.69, 9.17) is 9.84 Å². The van der Waals surface area contributed by atoms with Crippen molar-refractivity contribution < 1.29 is 19.4 Å². The van der Waals surface area contributed by atoms with Crippen LogP contribution in [0.3, 0.4) is 0 Å². The van der Waals surface area contributed by atoms with Gasteiger partial charge in [-0.1, -0.05) is 0 Å². The molecule has 0 rings (SSSR count). The largest absolute Gasteiger partial charge is 0.481 e. The fourth-order valence-corrected chi connectivity index (χ4v) is 1.40. The average molecular weight is 235 g/mol. The van der Waals surface area contributed by atoms with Gasteiger partial charge >= 0.3 is 5.97 Å². The van der Waals surface area contributed by atoms with Crippen LogP contribution in [-0.2, 0) is 14.3 Å². The number of ether oxygens (including phenoxy) is 1. The first-order chi connectivity index (χ1) is 7.06. The maximum atomic E-state index is 11.2. The van der Waals surface area contributed by atoms with Crippen molar-refractivity contribution in [3.05, 3.63) is 0 Å². The molecule has 0 spiro atoms. The quantitative estimate of drug-likeness (QED) is 0.594. The Balaban J connectivity index is 3.35. The van der Waals surface area contributed by atoms with Crippen molar-refractivity contribution in [2.24, 2.45) is 0 Å². The normalized spacial score (nSPS) is 12.1. The summed E-state index contributed by atoms with van der Waals surface area (Å²) >= 11 is 1.28. The standard InChI is InChI=1S/C9H17NO4S/c1-7(14-2)5-8(11)10-3-4-15-6-9(12)13/h7H,3-6H2,1-2H3,(H,10,11)(H,12,13). The van der Waals surface area contributed by atoms with E-state index in [1.165, 1.54) is 11.8 Å². The summed E-state index contributed by atoms with van der Waals surface area (Å²) in [6.07, 6.45) is 0.247. The molecule has 0 aliphatic heterocycles. The molecule has 0 radical (unpaired) electrons. The SMILES string of the molecule is COC(C)CC(=O)NCCSCC(=O)O. The smallest absolute Gasteiger partial charge is 0.313 e. The zero-order valence-electron chi connectivity index (χ0n) is 8.99. The second-order valence-corrected chi connectivity index (χ2v) is 4.15. The summed E-state index contributed by atoms with van der Waals surface area (Å²) in [7, 11) is 1.56. The van der Waals surface area contributed by atoms with Crippen LogP contribution in [0.15, 0.2) is 0 Å². The van der Waals surface area contributed by atoms with Gasteiger partial charge in [0.2, 0.25) is 5.91 Å². The van der Waals surface area contributed by atoms with Gasteiger partial charge in [0, 0.05) is 19.4 Å². The molecule has 0 fully saturated rings. The predicted molar refractivity (Wildman–Crippen MR) is 59.1 cm³/mol. The van der Waals surface area contributed by atoms with Crippen LogP contribution in [0.4, 0.5) is 0 Å². The minimum atomic E-state index is -0.834. The Morgan fingerprint density at radius 1 is 1.53 bits per heavy atom. The first kappa shape index (κ1) is 14.2. The fourth-order valence-electron chi connectivity index (χ4n) is 0.839. The molecular weight excluding hydrogens is 218 g/mol. The maximum absolute atomic E-state index is 11.2. The lowest BCUT2D eigenvalue weighted by Gasteiger charge is -2.09. The van der Waals surface area contributed by atoms with Gasteiger partial charge in [-0.05, 0) is 6.92 Å². The minimum absolute atomic E-state index is 0.0692. The number of methoxy groups -OCH3 is 1. The van der Waals surface area contributed by atoms with Crippen LogP contribution in [0.2, 0.25) is 0 Å². The van der Waals surface area contributed by atoms with E-state index in [1.807, 2.05) is 6.92 Å². The average Bonchev–Trinajstić information content (AvgIpc) is 2.16. The van der Waals surface area contributed by atoms with Crippen LogP contribution in [0, 0.1) is 0 Å². The second kappa shape index (κ2) is 8.55. The molecule has 0 heterocycles. The highest BCUT2D eigenvalue weighted by Crippen LogP contribution is 1.98. The molecule has 2 N–H and O–H groups in total. The molecule has 0 aliphatic rings. The molecule has 15 heavy (non-hydrogen) atoms. The lowest BCUT2D eigenvalue weighted by molar-refractivity contribution is -0.134. The number of hydrogen-bond donors (Lipinski definition) is 2. The van der Waals surface area contributed by atoms with E-state index in [2.05, 4.69) is 5.32 Å². The van der Waals surface area contributed by atoms with Gasteiger partial charge in [-0.2, -0.15) is 0 Å². The summed E-state index contributed by atoms with van der Waals surface area (Å²) in [5.74, 6) is -0.219. The van der Waals surface area contributed by atoms with E-state index < -0.39 is 5.97 Å². The zero-order chi connectivity index (χ0) is 11.7. The highest BCUT2D eigenvalue weighted by atomic mass is 32.2. The molecule has 1 amide bonds. The fraction of sp³-hybridized carbons (Fsp3) is 0.778. The Morgan fingerprint density at radius 2 is 2.20 bits per heavy atom.